The Bertz CT molecular complexity index is 1050. The lowest BCUT2D eigenvalue weighted by Gasteiger charge is -2.08. The van der Waals surface area contributed by atoms with Crippen molar-refractivity contribution >= 4 is 46.9 Å². The molecule has 0 atom stereocenters. The molecule has 3 aromatic rings. The number of nitrogens with zero attached hydrogens (tertiary/aromatic N) is 1. The van der Waals surface area contributed by atoms with Gasteiger partial charge in [0.2, 0.25) is 0 Å². The molecular weight excluding hydrogens is 435 g/mol. The van der Waals surface area contributed by atoms with Gasteiger partial charge in [-0.15, -0.1) is 0 Å². The Morgan fingerprint density at radius 2 is 1.69 bits per heavy atom. The maximum Gasteiger partial charge on any atom is 0.271 e. The van der Waals surface area contributed by atoms with E-state index in [4.69, 9.17) is 39.5 Å². The number of rotatable bonds is 6. The van der Waals surface area contributed by atoms with Crippen molar-refractivity contribution in [2.75, 3.05) is 0 Å². The van der Waals surface area contributed by atoms with Crippen LogP contribution >= 0.6 is 34.8 Å². The molecule has 3 rings (SSSR count). The molecule has 0 fully saturated rings. The highest BCUT2D eigenvalue weighted by molar-refractivity contribution is 6.35. The smallest absolute Gasteiger partial charge is 0.271 e. The number of benzene rings is 3. The Morgan fingerprint density at radius 1 is 1.00 bits per heavy atom. The van der Waals surface area contributed by atoms with Gasteiger partial charge in [-0.3, -0.25) is 4.79 Å². The first-order valence-electron chi connectivity index (χ1n) is 8.41. The van der Waals surface area contributed by atoms with Crippen molar-refractivity contribution in [3.05, 3.63) is 92.4 Å². The van der Waals surface area contributed by atoms with E-state index < -0.39 is 5.91 Å². The number of ether oxygens (including phenoxy) is 1. The number of phenolic OH excluding ortho intramolecular Hbond substituents is 1. The Balaban J connectivity index is 1.57. The van der Waals surface area contributed by atoms with Gasteiger partial charge >= 0.3 is 0 Å². The number of carbonyl (C=O) groups excluding carboxylic acids is 1. The molecule has 0 spiro atoms. The van der Waals surface area contributed by atoms with E-state index in [9.17, 15) is 9.90 Å². The number of nitrogens with one attached hydrogen (secondary N) is 1. The van der Waals surface area contributed by atoms with Gasteiger partial charge in [0.1, 0.15) is 18.1 Å². The summed E-state index contributed by atoms with van der Waals surface area (Å²) in [6, 6.07) is 16.3. The number of hydrogen-bond acceptors (Lipinski definition) is 4. The van der Waals surface area contributed by atoms with Gasteiger partial charge in [0.05, 0.1) is 6.21 Å². The number of carbonyl (C=O) groups is 1. The van der Waals surface area contributed by atoms with Crippen LogP contribution in [0.2, 0.25) is 15.1 Å². The van der Waals surface area contributed by atoms with Crippen LogP contribution < -0.4 is 10.2 Å². The molecule has 0 aromatic heterocycles. The Morgan fingerprint density at radius 3 is 2.41 bits per heavy atom. The monoisotopic (exact) mass is 448 g/mol. The van der Waals surface area contributed by atoms with Gasteiger partial charge in [0.15, 0.2) is 0 Å². The summed E-state index contributed by atoms with van der Waals surface area (Å²) in [7, 11) is 0. The summed E-state index contributed by atoms with van der Waals surface area (Å²) < 4.78 is 5.68. The van der Waals surface area contributed by atoms with Crippen LogP contribution in [0.4, 0.5) is 0 Å². The molecule has 2 N–H and O–H groups in total. The minimum Gasteiger partial charge on any atom is -0.507 e. The highest BCUT2D eigenvalue weighted by Crippen LogP contribution is 2.23. The third-order valence-corrected chi connectivity index (χ3v) is 4.71. The first-order valence-corrected chi connectivity index (χ1v) is 9.54. The van der Waals surface area contributed by atoms with Gasteiger partial charge in [-0.1, -0.05) is 40.9 Å². The average molecular weight is 450 g/mol. The fourth-order valence-corrected chi connectivity index (χ4v) is 3.00. The molecule has 8 heteroatoms. The summed E-state index contributed by atoms with van der Waals surface area (Å²) in [4.78, 5) is 12.2. The van der Waals surface area contributed by atoms with Gasteiger partial charge in [-0.25, -0.2) is 5.43 Å². The number of amides is 1. The van der Waals surface area contributed by atoms with E-state index in [2.05, 4.69) is 10.5 Å². The maximum absolute atomic E-state index is 12.2. The van der Waals surface area contributed by atoms with Crippen LogP contribution in [0, 0.1) is 0 Å². The van der Waals surface area contributed by atoms with E-state index in [-0.39, 0.29) is 12.4 Å². The van der Waals surface area contributed by atoms with Crippen molar-refractivity contribution in [1.29, 1.82) is 0 Å². The minimum absolute atomic E-state index is 0.00897. The molecule has 0 saturated heterocycles. The van der Waals surface area contributed by atoms with Crippen LogP contribution in [0.15, 0.2) is 65.8 Å². The van der Waals surface area contributed by atoms with Crippen molar-refractivity contribution in [3.63, 3.8) is 0 Å². The second-order valence-corrected chi connectivity index (χ2v) is 7.23. The Labute approximate surface area is 182 Å². The van der Waals surface area contributed by atoms with Gasteiger partial charge in [0.25, 0.3) is 5.91 Å². The Hall–Kier alpha value is -2.73. The largest absolute Gasteiger partial charge is 0.507 e. The molecule has 3 aromatic carbocycles. The standard InChI is InChI=1S/C21H15Cl3N2O3/c22-16-5-8-20(27)15(9-16)11-25-26-21(28)13-2-6-18(7-3-13)29-12-14-1-4-17(23)10-19(14)24/h1-11,27H,12H2,(H,26,28)/b25-11+. The molecule has 0 aliphatic carbocycles. The molecule has 148 valence electrons. The van der Waals surface area contributed by atoms with Gasteiger partial charge in [0, 0.05) is 31.8 Å². The summed E-state index contributed by atoms with van der Waals surface area (Å²) in [5.74, 6) is 0.185. The van der Waals surface area contributed by atoms with E-state index in [1.807, 2.05) is 0 Å². The van der Waals surface area contributed by atoms with Crippen LogP contribution in [0.25, 0.3) is 0 Å². The fourth-order valence-electron chi connectivity index (χ4n) is 2.36. The van der Waals surface area contributed by atoms with Crippen LogP contribution in [-0.4, -0.2) is 17.2 Å². The van der Waals surface area contributed by atoms with Crippen molar-refractivity contribution < 1.29 is 14.6 Å². The summed E-state index contributed by atoms with van der Waals surface area (Å²) in [5.41, 5.74) is 3.98. The third-order valence-electron chi connectivity index (χ3n) is 3.89. The van der Waals surface area contributed by atoms with Crippen molar-refractivity contribution in [3.8, 4) is 11.5 Å². The number of hydrogen-bond donors (Lipinski definition) is 2. The lowest BCUT2D eigenvalue weighted by Crippen LogP contribution is -2.17. The van der Waals surface area contributed by atoms with Crippen LogP contribution in [0.1, 0.15) is 21.5 Å². The first-order chi connectivity index (χ1) is 13.9. The molecule has 0 aliphatic heterocycles. The number of aromatic hydroxyl groups is 1. The van der Waals surface area contributed by atoms with Gasteiger partial charge < -0.3 is 9.84 Å². The molecule has 1 amide bonds. The summed E-state index contributed by atoms with van der Waals surface area (Å²) in [6.07, 6.45) is 1.31. The predicted octanol–water partition coefficient (Wildman–Crippen LogP) is 5.70. The zero-order valence-electron chi connectivity index (χ0n) is 14.9. The van der Waals surface area contributed by atoms with Gasteiger partial charge in [-0.05, 0) is 54.6 Å². The molecule has 29 heavy (non-hydrogen) atoms. The summed E-state index contributed by atoms with van der Waals surface area (Å²) >= 11 is 17.9. The molecule has 0 radical (unpaired) electrons. The lowest BCUT2D eigenvalue weighted by atomic mass is 10.2. The van der Waals surface area contributed by atoms with Gasteiger partial charge in [-0.2, -0.15) is 5.10 Å². The zero-order chi connectivity index (χ0) is 20.8. The minimum atomic E-state index is -0.407. The number of halogens is 3. The summed E-state index contributed by atoms with van der Waals surface area (Å²) in [6.45, 7) is 0.273. The highest BCUT2D eigenvalue weighted by Gasteiger charge is 2.06. The van der Waals surface area contributed by atoms with Crippen molar-refractivity contribution in [2.24, 2.45) is 5.10 Å². The second-order valence-electron chi connectivity index (χ2n) is 5.95. The van der Waals surface area contributed by atoms with Crippen LogP contribution in [-0.2, 0) is 6.61 Å². The van der Waals surface area contributed by atoms with E-state index in [1.54, 1.807) is 48.5 Å². The zero-order valence-corrected chi connectivity index (χ0v) is 17.2. The number of hydrazone groups is 1. The van der Waals surface area contributed by atoms with E-state index in [1.165, 1.54) is 18.3 Å². The fraction of sp³-hybridized carbons (Fsp3) is 0.0476. The average Bonchev–Trinajstić information content (AvgIpc) is 2.70. The molecule has 0 saturated carbocycles. The predicted molar refractivity (Wildman–Crippen MR) is 115 cm³/mol. The maximum atomic E-state index is 12.2. The van der Waals surface area contributed by atoms with E-state index in [0.29, 0.717) is 31.9 Å². The van der Waals surface area contributed by atoms with Crippen LogP contribution in [0.5, 0.6) is 11.5 Å². The first kappa shape index (κ1) is 21.0. The molecular formula is C21H15Cl3N2O3. The van der Waals surface area contributed by atoms with E-state index in [0.717, 1.165) is 5.56 Å². The normalized spacial score (nSPS) is 10.9. The van der Waals surface area contributed by atoms with Crippen molar-refractivity contribution in [2.45, 2.75) is 6.61 Å². The topological polar surface area (TPSA) is 70.9 Å². The van der Waals surface area contributed by atoms with Crippen molar-refractivity contribution in [1.82, 2.24) is 5.43 Å². The summed E-state index contributed by atoms with van der Waals surface area (Å²) in [5, 5.41) is 15.1. The lowest BCUT2D eigenvalue weighted by molar-refractivity contribution is 0.0955. The Kier molecular flexibility index (Phi) is 6.99. The van der Waals surface area contributed by atoms with Crippen LogP contribution in [0.3, 0.4) is 0 Å². The quantitative estimate of drug-likeness (QED) is 0.375. The molecule has 0 heterocycles. The SMILES string of the molecule is O=C(N/N=C/c1cc(Cl)ccc1O)c1ccc(OCc2ccc(Cl)cc2Cl)cc1. The third kappa shape index (κ3) is 5.87. The highest BCUT2D eigenvalue weighted by atomic mass is 35.5. The molecule has 0 bridgehead atoms. The number of phenols is 1. The van der Waals surface area contributed by atoms with E-state index >= 15 is 0 Å². The molecule has 0 aliphatic rings. The molecule has 0 unspecified atom stereocenters. The second kappa shape index (κ2) is 9.65. The molecule has 5 nitrogen and oxygen atoms in total.